The fourth-order valence-corrected chi connectivity index (χ4v) is 4.22. The van der Waals surface area contributed by atoms with Crippen molar-refractivity contribution in [2.24, 2.45) is 0 Å². The monoisotopic (exact) mass is 387 g/mol. The number of carbonyl (C=O) groups excluding carboxylic acids is 1. The topological polar surface area (TPSA) is 46.9 Å². The molecule has 2 aromatic carbocycles. The second kappa shape index (κ2) is 7.13. The Kier molecular flexibility index (Phi) is 4.70. The molecule has 1 atom stereocenters. The summed E-state index contributed by atoms with van der Waals surface area (Å²) in [5, 5.41) is 7.88. The average molecular weight is 388 g/mol. The fourth-order valence-electron chi connectivity index (χ4n) is 2.95. The zero-order chi connectivity index (χ0) is 18.1. The Morgan fingerprint density at radius 2 is 2.08 bits per heavy atom. The molecule has 1 amide bonds. The minimum atomic E-state index is -0.234. The summed E-state index contributed by atoms with van der Waals surface area (Å²) in [5.74, 6) is 0.308. The first kappa shape index (κ1) is 17.1. The number of hydrogen-bond acceptors (Lipinski definition) is 3. The van der Waals surface area contributed by atoms with Crippen LogP contribution in [0.25, 0.3) is 5.69 Å². The second-order valence-corrected chi connectivity index (χ2v) is 7.51. The molecule has 0 saturated heterocycles. The first-order valence-corrected chi connectivity index (χ1v) is 9.51. The number of thioether (sulfide) groups is 1. The molecule has 1 aliphatic rings. The third kappa shape index (κ3) is 3.34. The average Bonchev–Trinajstić information content (AvgIpc) is 3.13. The third-order valence-electron chi connectivity index (χ3n) is 4.27. The maximum absolute atomic E-state index is 14.0. The molecule has 0 bridgehead atoms. The third-order valence-corrected chi connectivity index (χ3v) is 5.68. The van der Waals surface area contributed by atoms with E-state index in [1.54, 1.807) is 29.1 Å². The predicted octanol–water partition coefficient (Wildman–Crippen LogP) is 4.63. The van der Waals surface area contributed by atoms with Gasteiger partial charge in [-0.15, -0.1) is 11.8 Å². The summed E-state index contributed by atoms with van der Waals surface area (Å²) >= 11 is 7.38. The lowest BCUT2D eigenvalue weighted by atomic mass is 10.0. The Labute approximate surface area is 159 Å². The molecule has 4 nitrogen and oxygen atoms in total. The minimum absolute atomic E-state index is 0.201. The van der Waals surface area contributed by atoms with E-state index in [1.807, 2.05) is 18.2 Å². The van der Waals surface area contributed by atoms with Crippen LogP contribution in [0.1, 0.15) is 28.4 Å². The first-order valence-electron chi connectivity index (χ1n) is 8.14. The van der Waals surface area contributed by atoms with Crippen LogP contribution >= 0.6 is 23.4 Å². The molecule has 0 spiro atoms. The van der Waals surface area contributed by atoms with Crippen molar-refractivity contribution in [1.29, 1.82) is 0 Å². The smallest absolute Gasteiger partial charge is 0.254 e. The van der Waals surface area contributed by atoms with Gasteiger partial charge in [0.25, 0.3) is 5.91 Å². The number of hydrogen-bond donors (Lipinski definition) is 1. The fraction of sp³-hybridized carbons (Fsp3) is 0.158. The van der Waals surface area contributed by atoms with E-state index in [1.165, 1.54) is 24.0 Å². The van der Waals surface area contributed by atoms with Gasteiger partial charge in [0.2, 0.25) is 0 Å². The van der Waals surface area contributed by atoms with Gasteiger partial charge in [-0.1, -0.05) is 23.7 Å². The summed E-state index contributed by atoms with van der Waals surface area (Å²) in [5.41, 5.74) is 2.10. The largest absolute Gasteiger partial charge is 0.345 e. The van der Waals surface area contributed by atoms with E-state index < -0.39 is 0 Å². The van der Waals surface area contributed by atoms with Gasteiger partial charge in [0.1, 0.15) is 5.82 Å². The Balaban J connectivity index is 1.53. The van der Waals surface area contributed by atoms with E-state index in [0.717, 1.165) is 23.4 Å². The number of fused-ring (bicyclic) bond motifs is 1. The summed E-state index contributed by atoms with van der Waals surface area (Å²) in [6.45, 7) is 0. The number of rotatable bonds is 3. The Bertz CT molecular complexity index is 958. The van der Waals surface area contributed by atoms with E-state index in [9.17, 15) is 9.18 Å². The second-order valence-electron chi connectivity index (χ2n) is 5.97. The van der Waals surface area contributed by atoms with Gasteiger partial charge in [0.15, 0.2) is 0 Å². The van der Waals surface area contributed by atoms with Crippen molar-refractivity contribution in [3.8, 4) is 5.69 Å². The summed E-state index contributed by atoms with van der Waals surface area (Å²) < 4.78 is 15.6. The van der Waals surface area contributed by atoms with Gasteiger partial charge in [-0.25, -0.2) is 9.07 Å². The SMILES string of the molecule is O=C(NC1CCSc2c(F)cccc21)c1cnn(-c2ccc(Cl)cc2)c1. The van der Waals surface area contributed by atoms with Crippen molar-refractivity contribution in [3.63, 3.8) is 0 Å². The predicted molar refractivity (Wildman–Crippen MR) is 101 cm³/mol. The summed E-state index contributed by atoms with van der Waals surface area (Å²) in [4.78, 5) is 13.2. The van der Waals surface area contributed by atoms with Gasteiger partial charge >= 0.3 is 0 Å². The number of aromatic nitrogens is 2. The zero-order valence-corrected chi connectivity index (χ0v) is 15.2. The number of nitrogens with zero attached hydrogens (tertiary/aromatic N) is 2. The van der Waals surface area contributed by atoms with Crippen LogP contribution in [0.2, 0.25) is 5.02 Å². The number of amides is 1. The van der Waals surface area contributed by atoms with Gasteiger partial charge in [-0.2, -0.15) is 5.10 Å². The molecule has 0 saturated carbocycles. The van der Waals surface area contributed by atoms with E-state index in [4.69, 9.17) is 11.6 Å². The van der Waals surface area contributed by atoms with Crippen LogP contribution in [-0.4, -0.2) is 21.4 Å². The van der Waals surface area contributed by atoms with Gasteiger partial charge in [0, 0.05) is 21.9 Å². The lowest BCUT2D eigenvalue weighted by Gasteiger charge is -2.26. The molecule has 0 aliphatic carbocycles. The molecule has 1 aliphatic heterocycles. The van der Waals surface area contributed by atoms with Crippen LogP contribution in [0.3, 0.4) is 0 Å². The molecule has 0 fully saturated rings. The number of halogens is 2. The standard InChI is InChI=1S/C19H15ClFN3OS/c20-13-4-6-14(7-5-13)24-11-12(10-22-24)19(25)23-17-8-9-26-18-15(17)2-1-3-16(18)21/h1-7,10-11,17H,8-9H2,(H,23,25). The van der Waals surface area contributed by atoms with Crippen molar-refractivity contribution in [2.75, 3.05) is 5.75 Å². The van der Waals surface area contributed by atoms with Crippen molar-refractivity contribution in [3.05, 3.63) is 76.8 Å². The molecule has 3 aromatic rings. The summed E-state index contributed by atoms with van der Waals surface area (Å²) in [6.07, 6.45) is 3.95. The van der Waals surface area contributed by atoms with E-state index >= 15 is 0 Å². The summed E-state index contributed by atoms with van der Waals surface area (Å²) in [7, 11) is 0. The summed E-state index contributed by atoms with van der Waals surface area (Å²) in [6, 6.07) is 12.0. The molecule has 1 unspecified atom stereocenters. The van der Waals surface area contributed by atoms with Crippen LogP contribution in [0, 0.1) is 5.82 Å². The highest BCUT2D eigenvalue weighted by atomic mass is 35.5. The van der Waals surface area contributed by atoms with Gasteiger partial charge in [-0.05, 0) is 42.3 Å². The van der Waals surface area contributed by atoms with E-state index in [2.05, 4.69) is 10.4 Å². The first-order chi connectivity index (χ1) is 12.6. The van der Waals surface area contributed by atoms with Crippen molar-refractivity contribution in [2.45, 2.75) is 17.4 Å². The highest BCUT2D eigenvalue weighted by Gasteiger charge is 2.25. The van der Waals surface area contributed by atoms with Crippen LogP contribution in [0.15, 0.2) is 59.8 Å². The molecular formula is C19H15ClFN3OS. The lowest BCUT2D eigenvalue weighted by molar-refractivity contribution is 0.0934. The van der Waals surface area contributed by atoms with Crippen LogP contribution in [0.4, 0.5) is 4.39 Å². The van der Waals surface area contributed by atoms with Crippen molar-refractivity contribution >= 4 is 29.3 Å². The number of carbonyl (C=O) groups is 1. The minimum Gasteiger partial charge on any atom is -0.345 e. The van der Waals surface area contributed by atoms with E-state index in [-0.39, 0.29) is 17.8 Å². The van der Waals surface area contributed by atoms with Crippen molar-refractivity contribution in [1.82, 2.24) is 15.1 Å². The molecule has 4 rings (SSSR count). The highest BCUT2D eigenvalue weighted by molar-refractivity contribution is 7.99. The molecular weight excluding hydrogens is 373 g/mol. The van der Waals surface area contributed by atoms with Gasteiger partial charge < -0.3 is 5.32 Å². The maximum Gasteiger partial charge on any atom is 0.254 e. The lowest BCUT2D eigenvalue weighted by Crippen LogP contribution is -2.30. The zero-order valence-electron chi connectivity index (χ0n) is 13.7. The number of benzene rings is 2. The van der Waals surface area contributed by atoms with Crippen LogP contribution < -0.4 is 5.32 Å². The van der Waals surface area contributed by atoms with Gasteiger partial charge in [0.05, 0.1) is 23.5 Å². The molecule has 1 aromatic heterocycles. The van der Waals surface area contributed by atoms with Crippen molar-refractivity contribution < 1.29 is 9.18 Å². The molecule has 26 heavy (non-hydrogen) atoms. The molecule has 1 N–H and O–H groups in total. The Morgan fingerprint density at radius 1 is 1.27 bits per heavy atom. The molecule has 7 heteroatoms. The Hall–Kier alpha value is -2.31. The van der Waals surface area contributed by atoms with E-state index in [0.29, 0.717) is 15.5 Å². The normalized spacial score (nSPS) is 16.2. The quantitative estimate of drug-likeness (QED) is 0.712. The Morgan fingerprint density at radius 3 is 2.88 bits per heavy atom. The molecule has 132 valence electrons. The molecule has 2 heterocycles. The maximum atomic E-state index is 14.0. The van der Waals surface area contributed by atoms with Crippen LogP contribution in [-0.2, 0) is 0 Å². The molecule has 0 radical (unpaired) electrons. The van der Waals surface area contributed by atoms with Gasteiger partial charge in [-0.3, -0.25) is 4.79 Å². The highest BCUT2D eigenvalue weighted by Crippen LogP contribution is 2.37. The number of nitrogens with one attached hydrogen (secondary N) is 1. The van der Waals surface area contributed by atoms with Crippen LogP contribution in [0.5, 0.6) is 0 Å².